The number of alkyl halides is 2. The molecule has 1 aliphatic heterocycles. The first-order valence-corrected chi connectivity index (χ1v) is 9.87. The molecule has 1 saturated carbocycles. The molecule has 0 saturated heterocycles. The predicted molar refractivity (Wildman–Crippen MR) is 101 cm³/mol. The van der Waals surface area contributed by atoms with E-state index in [1.165, 1.54) is 15.7 Å². The average Bonchev–Trinajstić information content (AvgIpc) is 3.19. The van der Waals surface area contributed by atoms with Crippen LogP contribution in [0.4, 0.5) is 20.2 Å². The van der Waals surface area contributed by atoms with Crippen molar-refractivity contribution in [3.8, 4) is 17.3 Å². The van der Waals surface area contributed by atoms with Crippen LogP contribution < -0.4 is 8.61 Å². The SMILES string of the molecule is CN1c2cc(-c3ccc(C#N)c(Cl)n3)ccc2N(CC2CC2(F)F)S1(O)O. The van der Waals surface area contributed by atoms with Crippen molar-refractivity contribution >= 4 is 33.9 Å². The zero-order valence-electron chi connectivity index (χ0n) is 14.1. The fraction of sp³-hybridized carbons (Fsp3) is 0.294. The lowest BCUT2D eigenvalue weighted by Crippen LogP contribution is -2.33. The summed E-state index contributed by atoms with van der Waals surface area (Å²) in [5, 5.41) is 9.02. The van der Waals surface area contributed by atoms with Gasteiger partial charge in [0.25, 0.3) is 5.92 Å². The van der Waals surface area contributed by atoms with E-state index in [1.54, 1.807) is 30.3 Å². The highest BCUT2D eigenvalue weighted by atomic mass is 35.5. The molecule has 1 fully saturated rings. The molecule has 0 bridgehead atoms. The van der Waals surface area contributed by atoms with E-state index >= 15 is 0 Å². The largest absolute Gasteiger partial charge is 0.264 e. The van der Waals surface area contributed by atoms with Gasteiger partial charge in [0.2, 0.25) is 0 Å². The van der Waals surface area contributed by atoms with Crippen LogP contribution in [0.25, 0.3) is 11.3 Å². The predicted octanol–water partition coefficient (Wildman–Crippen LogP) is 4.77. The summed E-state index contributed by atoms with van der Waals surface area (Å²) >= 11 is 5.99. The van der Waals surface area contributed by atoms with Gasteiger partial charge in [-0.2, -0.15) is 5.26 Å². The smallest absolute Gasteiger partial charge is 0.253 e. The molecule has 1 unspecified atom stereocenters. The second-order valence-corrected chi connectivity index (χ2v) is 8.89. The molecule has 0 spiro atoms. The number of hydrogen-bond donors (Lipinski definition) is 2. The minimum absolute atomic E-state index is 0.0748. The van der Waals surface area contributed by atoms with Gasteiger partial charge in [-0.15, -0.1) is 0 Å². The third kappa shape index (κ3) is 2.89. The third-order valence-corrected chi connectivity index (χ3v) is 7.01. The number of fused-ring (bicyclic) bond motifs is 1. The first kappa shape index (κ1) is 18.3. The molecular formula is C17H15ClF2N4O2S. The molecule has 1 aromatic heterocycles. The summed E-state index contributed by atoms with van der Waals surface area (Å²) in [6.07, 6.45) is -0.246. The van der Waals surface area contributed by atoms with Crippen LogP contribution in [0, 0.1) is 17.2 Å². The van der Waals surface area contributed by atoms with Gasteiger partial charge in [-0.1, -0.05) is 17.7 Å². The van der Waals surface area contributed by atoms with E-state index < -0.39 is 22.8 Å². The summed E-state index contributed by atoms with van der Waals surface area (Å²) < 4.78 is 50.3. The molecular weight excluding hydrogens is 398 g/mol. The molecule has 2 aromatic rings. The van der Waals surface area contributed by atoms with E-state index in [-0.39, 0.29) is 23.7 Å². The van der Waals surface area contributed by atoms with Crippen LogP contribution in [-0.4, -0.2) is 33.6 Å². The zero-order chi connectivity index (χ0) is 19.6. The van der Waals surface area contributed by atoms with E-state index in [2.05, 4.69) is 4.98 Å². The van der Waals surface area contributed by atoms with E-state index in [0.29, 0.717) is 22.6 Å². The Morgan fingerprint density at radius 2 is 2.04 bits per heavy atom. The van der Waals surface area contributed by atoms with Gasteiger partial charge in [0.15, 0.2) is 0 Å². The second kappa shape index (κ2) is 5.94. The summed E-state index contributed by atoms with van der Waals surface area (Å²) in [6, 6.07) is 10.2. The standard InChI is InChI=1S/C17H15ClF2N4O2S/c1-23-15-6-10(13-4-2-11(8-21)16(18)22-13)3-5-14(15)24(27(23,25)26)9-12-7-17(12,19)20/h2-6,12,25-26H,7,9H2,1H3. The summed E-state index contributed by atoms with van der Waals surface area (Å²) in [5.74, 6) is -3.64. The molecule has 4 rings (SSSR count). The molecule has 2 heterocycles. The third-order valence-electron chi connectivity index (χ3n) is 4.85. The van der Waals surface area contributed by atoms with Gasteiger partial charge in [-0.25, -0.2) is 13.8 Å². The number of rotatable bonds is 3. The van der Waals surface area contributed by atoms with Gasteiger partial charge >= 0.3 is 0 Å². The molecule has 142 valence electrons. The Hall–Kier alpha value is -2.12. The van der Waals surface area contributed by atoms with Crippen molar-refractivity contribution in [3.63, 3.8) is 0 Å². The van der Waals surface area contributed by atoms with Crippen LogP contribution in [0.3, 0.4) is 0 Å². The Labute approximate surface area is 161 Å². The lowest BCUT2D eigenvalue weighted by atomic mass is 10.1. The number of nitrogens with zero attached hydrogens (tertiary/aromatic N) is 4. The molecule has 1 aliphatic carbocycles. The first-order chi connectivity index (χ1) is 12.6. The van der Waals surface area contributed by atoms with E-state index in [9.17, 15) is 17.9 Å². The molecule has 0 amide bonds. The number of hydrogen-bond acceptors (Lipinski definition) is 6. The summed E-state index contributed by atoms with van der Waals surface area (Å²) in [7, 11) is -1.90. The Balaban J connectivity index is 1.71. The Kier molecular flexibility index (Phi) is 4.01. The maximum absolute atomic E-state index is 13.3. The highest BCUT2D eigenvalue weighted by molar-refractivity contribution is 8.26. The number of pyridine rings is 1. The first-order valence-electron chi connectivity index (χ1n) is 8.04. The Bertz CT molecular complexity index is 982. The molecule has 0 radical (unpaired) electrons. The number of nitriles is 1. The van der Waals surface area contributed by atoms with Gasteiger partial charge in [-0.05, 0) is 35.2 Å². The topological polar surface area (TPSA) is 83.6 Å². The molecule has 2 aliphatic rings. The van der Waals surface area contributed by atoms with Crippen molar-refractivity contribution < 1.29 is 17.9 Å². The van der Waals surface area contributed by atoms with Crippen LogP contribution >= 0.6 is 22.6 Å². The van der Waals surface area contributed by atoms with Crippen LogP contribution in [0.2, 0.25) is 5.15 Å². The quantitative estimate of drug-likeness (QED) is 0.707. The zero-order valence-corrected chi connectivity index (χ0v) is 15.7. The van der Waals surface area contributed by atoms with E-state index in [0.717, 1.165) is 0 Å². The summed E-state index contributed by atoms with van der Waals surface area (Å²) in [6.45, 7) is -0.132. The van der Waals surface area contributed by atoms with E-state index in [4.69, 9.17) is 16.9 Å². The van der Waals surface area contributed by atoms with Crippen LogP contribution in [0.15, 0.2) is 30.3 Å². The Morgan fingerprint density at radius 3 is 2.63 bits per heavy atom. The van der Waals surface area contributed by atoms with Gasteiger partial charge in [0, 0.05) is 31.5 Å². The number of benzene rings is 1. The van der Waals surface area contributed by atoms with Gasteiger partial charge in [0.05, 0.1) is 22.6 Å². The van der Waals surface area contributed by atoms with Gasteiger partial charge in [-0.3, -0.25) is 17.7 Å². The number of halogens is 3. The highest BCUT2D eigenvalue weighted by Crippen LogP contribution is 2.62. The molecule has 6 nitrogen and oxygen atoms in total. The minimum atomic E-state index is -3.40. The van der Waals surface area contributed by atoms with Crippen molar-refractivity contribution in [2.75, 3.05) is 22.2 Å². The molecule has 1 aromatic carbocycles. The van der Waals surface area contributed by atoms with Crippen molar-refractivity contribution in [1.82, 2.24) is 4.98 Å². The molecule has 10 heteroatoms. The molecule has 2 N–H and O–H groups in total. The minimum Gasteiger partial charge on any atom is -0.264 e. The highest BCUT2D eigenvalue weighted by Gasteiger charge is 2.59. The molecule has 27 heavy (non-hydrogen) atoms. The maximum atomic E-state index is 13.3. The van der Waals surface area contributed by atoms with Gasteiger partial charge in [0.1, 0.15) is 11.2 Å². The normalized spacial score (nSPS) is 22.9. The van der Waals surface area contributed by atoms with Crippen LogP contribution in [0.1, 0.15) is 12.0 Å². The van der Waals surface area contributed by atoms with Crippen molar-refractivity contribution in [2.45, 2.75) is 12.3 Å². The van der Waals surface area contributed by atoms with Gasteiger partial charge < -0.3 is 0 Å². The maximum Gasteiger partial charge on any atom is 0.253 e. The van der Waals surface area contributed by atoms with Crippen LogP contribution in [-0.2, 0) is 0 Å². The fourth-order valence-corrected chi connectivity index (χ4v) is 4.80. The van der Waals surface area contributed by atoms with E-state index in [1.807, 2.05) is 6.07 Å². The number of aromatic nitrogens is 1. The monoisotopic (exact) mass is 412 g/mol. The summed E-state index contributed by atoms with van der Waals surface area (Å²) in [5.41, 5.74) is 2.39. The van der Waals surface area contributed by atoms with Crippen molar-refractivity contribution in [2.24, 2.45) is 5.92 Å². The van der Waals surface area contributed by atoms with Crippen molar-refractivity contribution in [3.05, 3.63) is 41.0 Å². The Morgan fingerprint density at radius 1 is 1.33 bits per heavy atom. The summed E-state index contributed by atoms with van der Waals surface area (Å²) in [4.78, 5) is 4.19. The second-order valence-electron chi connectivity index (χ2n) is 6.56. The van der Waals surface area contributed by atoms with Crippen molar-refractivity contribution in [1.29, 1.82) is 5.26 Å². The lowest BCUT2D eigenvalue weighted by molar-refractivity contribution is 0.101. The molecule has 1 atom stereocenters. The van der Waals surface area contributed by atoms with Crippen LogP contribution in [0.5, 0.6) is 0 Å². The number of anilines is 2. The average molecular weight is 413 g/mol. The fourth-order valence-electron chi connectivity index (χ4n) is 3.10. The lowest BCUT2D eigenvalue weighted by Gasteiger charge is -2.42.